The van der Waals surface area contributed by atoms with Crippen LogP contribution in [0.3, 0.4) is 0 Å². The molecule has 2 aromatic rings. The molecular weight excluding hydrogens is 258 g/mol. The number of aliphatic imine (C=N–C) groups is 1. The van der Waals surface area contributed by atoms with Crippen LogP contribution in [0.1, 0.15) is 5.56 Å². The van der Waals surface area contributed by atoms with Crippen LogP contribution in [0.5, 0.6) is 0 Å². The highest BCUT2D eigenvalue weighted by Gasteiger charge is 2.35. The average Bonchev–Trinajstić information content (AvgIpc) is 2.96. The fourth-order valence-electron chi connectivity index (χ4n) is 2.40. The number of amidine groups is 1. The maximum absolute atomic E-state index is 12.2. The molecule has 0 bridgehead atoms. The van der Waals surface area contributed by atoms with Crippen LogP contribution in [0.25, 0.3) is 10.9 Å². The Kier molecular flexibility index (Phi) is 3.06. The van der Waals surface area contributed by atoms with Crippen molar-refractivity contribution < 1.29 is 4.79 Å². The molecular formula is C14H15N3OS. The van der Waals surface area contributed by atoms with Crippen molar-refractivity contribution >= 4 is 33.7 Å². The average molecular weight is 273 g/mol. The van der Waals surface area contributed by atoms with Gasteiger partial charge >= 0.3 is 0 Å². The lowest BCUT2D eigenvalue weighted by Crippen LogP contribution is -2.28. The van der Waals surface area contributed by atoms with E-state index in [4.69, 9.17) is 0 Å². The van der Waals surface area contributed by atoms with Crippen molar-refractivity contribution in [1.29, 1.82) is 0 Å². The summed E-state index contributed by atoms with van der Waals surface area (Å²) < 4.78 is 0. The van der Waals surface area contributed by atoms with E-state index in [1.54, 1.807) is 30.8 Å². The van der Waals surface area contributed by atoms with Crippen LogP contribution in [0.15, 0.2) is 35.5 Å². The fraction of sp³-hybridized carbons (Fsp3) is 0.286. The molecule has 1 saturated heterocycles. The van der Waals surface area contributed by atoms with Gasteiger partial charge in [-0.3, -0.25) is 14.7 Å². The van der Waals surface area contributed by atoms with Crippen molar-refractivity contribution in [2.45, 2.75) is 11.7 Å². The number of amides is 1. The first-order chi connectivity index (χ1) is 9.20. The van der Waals surface area contributed by atoms with Gasteiger partial charge in [-0.15, -0.1) is 0 Å². The molecule has 98 valence electrons. The lowest BCUT2D eigenvalue weighted by Gasteiger charge is -2.07. The summed E-state index contributed by atoms with van der Waals surface area (Å²) >= 11 is 1.55. The lowest BCUT2D eigenvalue weighted by atomic mass is 10.1. The van der Waals surface area contributed by atoms with Gasteiger partial charge in [-0.1, -0.05) is 30.0 Å². The predicted molar refractivity (Wildman–Crippen MR) is 79.5 cm³/mol. The van der Waals surface area contributed by atoms with Crippen LogP contribution in [-0.4, -0.2) is 40.3 Å². The number of carbonyl (C=O) groups excluding carboxylic acids is 1. The fourth-order valence-corrected chi connectivity index (χ4v) is 3.53. The zero-order valence-electron chi connectivity index (χ0n) is 10.9. The molecule has 3 rings (SSSR count). The smallest absolute Gasteiger partial charge is 0.242 e. The Morgan fingerprint density at radius 2 is 2.21 bits per heavy atom. The number of H-pyrrole nitrogens is 1. The highest BCUT2D eigenvalue weighted by Crippen LogP contribution is 2.30. The van der Waals surface area contributed by atoms with E-state index >= 15 is 0 Å². The van der Waals surface area contributed by atoms with E-state index in [0.29, 0.717) is 0 Å². The molecule has 1 aromatic carbocycles. The van der Waals surface area contributed by atoms with Gasteiger partial charge in [-0.05, 0) is 18.1 Å². The van der Waals surface area contributed by atoms with E-state index < -0.39 is 0 Å². The number of thioether (sulfide) groups is 1. The topological polar surface area (TPSA) is 48.5 Å². The summed E-state index contributed by atoms with van der Waals surface area (Å²) in [7, 11) is 3.51. The zero-order valence-corrected chi connectivity index (χ0v) is 11.7. The molecule has 0 saturated carbocycles. The molecule has 4 nitrogen and oxygen atoms in total. The van der Waals surface area contributed by atoms with E-state index in [1.165, 1.54) is 10.9 Å². The Bertz CT molecular complexity index is 662. The maximum Gasteiger partial charge on any atom is 0.242 e. The molecule has 19 heavy (non-hydrogen) atoms. The Morgan fingerprint density at radius 3 is 2.95 bits per heavy atom. The number of benzene rings is 1. The van der Waals surface area contributed by atoms with Gasteiger partial charge in [0.15, 0.2) is 5.17 Å². The number of aromatic amines is 1. The third-order valence-electron chi connectivity index (χ3n) is 3.41. The Hall–Kier alpha value is -1.75. The normalized spacial score (nSPS) is 21.8. The van der Waals surface area contributed by atoms with Crippen LogP contribution in [0, 0.1) is 0 Å². The van der Waals surface area contributed by atoms with Gasteiger partial charge < -0.3 is 4.98 Å². The van der Waals surface area contributed by atoms with Gasteiger partial charge in [0.05, 0.1) is 5.25 Å². The number of nitrogens with zero attached hydrogens (tertiary/aromatic N) is 2. The van der Waals surface area contributed by atoms with Gasteiger partial charge in [0.2, 0.25) is 5.91 Å². The molecule has 1 fully saturated rings. The molecule has 1 amide bonds. The van der Waals surface area contributed by atoms with Crippen molar-refractivity contribution in [3.8, 4) is 0 Å². The van der Waals surface area contributed by atoms with Crippen LogP contribution in [-0.2, 0) is 11.2 Å². The summed E-state index contributed by atoms with van der Waals surface area (Å²) in [6.45, 7) is 0. The molecule has 2 heterocycles. The summed E-state index contributed by atoms with van der Waals surface area (Å²) in [6, 6.07) is 8.17. The SMILES string of the molecule is CN=C1SC(Cc2c[nH]c3ccccc23)C(=O)N1C. The van der Waals surface area contributed by atoms with E-state index in [2.05, 4.69) is 16.0 Å². The summed E-state index contributed by atoms with van der Waals surface area (Å²) in [5.74, 6) is 0.135. The predicted octanol–water partition coefficient (Wildman–Crippen LogP) is 2.27. The molecule has 0 radical (unpaired) electrons. The summed E-state index contributed by atoms with van der Waals surface area (Å²) in [5, 5.41) is 1.93. The third kappa shape index (κ3) is 2.04. The molecule has 1 aliphatic rings. The van der Waals surface area contributed by atoms with Gasteiger partial charge in [-0.2, -0.15) is 0 Å². The molecule has 1 N–H and O–H groups in total. The molecule has 1 unspecified atom stereocenters. The van der Waals surface area contributed by atoms with Gasteiger partial charge in [0.1, 0.15) is 0 Å². The van der Waals surface area contributed by atoms with Crippen molar-refractivity contribution in [3.63, 3.8) is 0 Å². The number of carbonyl (C=O) groups is 1. The number of aromatic nitrogens is 1. The Labute approximate surface area is 115 Å². The molecule has 5 heteroatoms. The quantitative estimate of drug-likeness (QED) is 0.912. The number of para-hydroxylation sites is 1. The monoisotopic (exact) mass is 273 g/mol. The largest absolute Gasteiger partial charge is 0.361 e. The Balaban J connectivity index is 1.88. The first kappa shape index (κ1) is 12.3. The number of rotatable bonds is 2. The minimum Gasteiger partial charge on any atom is -0.361 e. The summed E-state index contributed by atoms with van der Waals surface area (Å²) in [5.41, 5.74) is 2.30. The van der Waals surface area contributed by atoms with Crippen molar-refractivity contribution in [3.05, 3.63) is 36.0 Å². The van der Waals surface area contributed by atoms with Crippen LogP contribution >= 0.6 is 11.8 Å². The minimum atomic E-state index is -0.0668. The first-order valence-electron chi connectivity index (χ1n) is 6.16. The highest BCUT2D eigenvalue weighted by atomic mass is 32.2. The molecule has 1 aliphatic heterocycles. The number of fused-ring (bicyclic) bond motifs is 1. The summed E-state index contributed by atoms with van der Waals surface area (Å²) in [6.07, 6.45) is 2.73. The first-order valence-corrected chi connectivity index (χ1v) is 7.04. The van der Waals surface area contributed by atoms with Crippen molar-refractivity contribution in [2.75, 3.05) is 14.1 Å². The molecule has 0 spiro atoms. The van der Waals surface area contributed by atoms with E-state index in [1.807, 2.05) is 24.4 Å². The second-order valence-electron chi connectivity index (χ2n) is 4.57. The second-order valence-corrected chi connectivity index (χ2v) is 5.74. The standard InChI is InChI=1S/C14H15N3OS/c1-15-14-17(2)13(18)12(19-14)7-9-8-16-11-6-4-3-5-10(9)11/h3-6,8,12,16H,7H2,1-2H3. The van der Waals surface area contributed by atoms with E-state index in [-0.39, 0.29) is 11.2 Å². The molecule has 1 atom stereocenters. The van der Waals surface area contributed by atoms with Gasteiger partial charge in [-0.25, -0.2) is 0 Å². The van der Waals surface area contributed by atoms with Gasteiger partial charge in [0.25, 0.3) is 0 Å². The number of hydrogen-bond donors (Lipinski definition) is 1. The minimum absolute atomic E-state index is 0.0668. The van der Waals surface area contributed by atoms with Crippen LogP contribution < -0.4 is 0 Å². The lowest BCUT2D eigenvalue weighted by molar-refractivity contribution is -0.125. The third-order valence-corrected chi connectivity index (χ3v) is 4.73. The molecule has 0 aliphatic carbocycles. The maximum atomic E-state index is 12.2. The van der Waals surface area contributed by atoms with Crippen molar-refractivity contribution in [2.24, 2.45) is 4.99 Å². The summed E-state index contributed by atoms with van der Waals surface area (Å²) in [4.78, 5) is 21.2. The van der Waals surface area contributed by atoms with Gasteiger partial charge in [0, 0.05) is 31.2 Å². The number of hydrogen-bond acceptors (Lipinski definition) is 3. The van der Waals surface area contributed by atoms with E-state index in [0.717, 1.165) is 17.1 Å². The zero-order chi connectivity index (χ0) is 13.4. The van der Waals surface area contributed by atoms with Crippen molar-refractivity contribution in [1.82, 2.24) is 9.88 Å². The molecule has 1 aromatic heterocycles. The Morgan fingerprint density at radius 1 is 1.42 bits per heavy atom. The highest BCUT2D eigenvalue weighted by molar-refractivity contribution is 8.15. The van der Waals surface area contributed by atoms with Crippen LogP contribution in [0.2, 0.25) is 0 Å². The van der Waals surface area contributed by atoms with Crippen LogP contribution in [0.4, 0.5) is 0 Å². The number of nitrogens with one attached hydrogen (secondary N) is 1. The van der Waals surface area contributed by atoms with E-state index in [9.17, 15) is 4.79 Å². The second kappa shape index (κ2) is 4.74.